The van der Waals surface area contributed by atoms with Gasteiger partial charge in [-0.1, -0.05) is 12.1 Å². The Hall–Kier alpha value is -1.26. The number of carbonyl (C=O) groups excluding carboxylic acids is 1. The van der Waals surface area contributed by atoms with Gasteiger partial charge in [0.15, 0.2) is 0 Å². The van der Waals surface area contributed by atoms with Crippen molar-refractivity contribution in [2.75, 3.05) is 19.7 Å². The molecule has 106 valence electrons. The number of hydrogen-bond acceptors (Lipinski definition) is 3. The third-order valence-corrected chi connectivity index (χ3v) is 3.06. The van der Waals surface area contributed by atoms with Crippen LogP contribution in [0.25, 0.3) is 0 Å². The van der Waals surface area contributed by atoms with Gasteiger partial charge in [0.05, 0.1) is 12.2 Å². The van der Waals surface area contributed by atoms with E-state index in [1.54, 1.807) is 6.07 Å². The number of halogens is 1. The highest BCUT2D eigenvalue weighted by Gasteiger charge is 2.18. The number of para-hydroxylation sites is 1. The van der Waals surface area contributed by atoms with Gasteiger partial charge in [-0.3, -0.25) is 4.79 Å². The van der Waals surface area contributed by atoms with E-state index in [2.05, 4.69) is 10.6 Å². The summed E-state index contributed by atoms with van der Waals surface area (Å²) < 4.78 is 5.47. The Morgan fingerprint density at radius 3 is 2.95 bits per heavy atom. The SMILES string of the molecule is CCOc1ccccc1C(=O)NC1CCCNC1.Cl. The standard InChI is InChI=1S/C14H20N2O2.ClH/c1-2-18-13-8-4-3-7-12(13)14(17)16-11-6-5-9-15-10-11;/h3-4,7-8,11,15H,2,5-6,9-10H2,1H3,(H,16,17);1H. The maximum absolute atomic E-state index is 12.2. The van der Waals surface area contributed by atoms with E-state index in [4.69, 9.17) is 4.74 Å². The average Bonchev–Trinajstić information content (AvgIpc) is 2.41. The molecule has 1 aliphatic rings. The van der Waals surface area contributed by atoms with E-state index in [0.717, 1.165) is 25.9 Å². The summed E-state index contributed by atoms with van der Waals surface area (Å²) in [4.78, 5) is 12.2. The number of hydrogen-bond donors (Lipinski definition) is 2. The molecular formula is C14H21ClN2O2. The summed E-state index contributed by atoms with van der Waals surface area (Å²) in [5.74, 6) is 0.606. The van der Waals surface area contributed by atoms with Crippen molar-refractivity contribution in [2.45, 2.75) is 25.8 Å². The Morgan fingerprint density at radius 2 is 2.26 bits per heavy atom. The first kappa shape index (κ1) is 15.8. The molecule has 1 fully saturated rings. The fourth-order valence-electron chi connectivity index (χ4n) is 2.17. The van der Waals surface area contributed by atoms with Crippen LogP contribution in [0.1, 0.15) is 30.1 Å². The van der Waals surface area contributed by atoms with Crippen LogP contribution in [0.4, 0.5) is 0 Å². The lowest BCUT2D eigenvalue weighted by Crippen LogP contribution is -2.45. The topological polar surface area (TPSA) is 50.4 Å². The van der Waals surface area contributed by atoms with Gasteiger partial charge in [-0.25, -0.2) is 0 Å². The molecule has 1 aliphatic heterocycles. The molecule has 5 heteroatoms. The van der Waals surface area contributed by atoms with Gasteiger partial charge in [0.2, 0.25) is 0 Å². The third-order valence-electron chi connectivity index (χ3n) is 3.06. The molecular weight excluding hydrogens is 264 g/mol. The minimum atomic E-state index is -0.0484. The number of nitrogens with one attached hydrogen (secondary N) is 2. The second-order valence-corrected chi connectivity index (χ2v) is 4.45. The van der Waals surface area contributed by atoms with E-state index >= 15 is 0 Å². The first-order valence-corrected chi connectivity index (χ1v) is 6.54. The van der Waals surface area contributed by atoms with Gasteiger partial charge in [-0.05, 0) is 38.4 Å². The Balaban J connectivity index is 0.00000180. The summed E-state index contributed by atoms with van der Waals surface area (Å²) in [6, 6.07) is 7.59. The van der Waals surface area contributed by atoms with Crippen LogP contribution >= 0.6 is 12.4 Å². The minimum Gasteiger partial charge on any atom is -0.493 e. The molecule has 1 atom stereocenters. The molecule has 1 aromatic rings. The Labute approximate surface area is 120 Å². The van der Waals surface area contributed by atoms with Crippen molar-refractivity contribution >= 4 is 18.3 Å². The Morgan fingerprint density at radius 1 is 1.47 bits per heavy atom. The lowest BCUT2D eigenvalue weighted by molar-refractivity contribution is 0.0927. The smallest absolute Gasteiger partial charge is 0.255 e. The number of amides is 1. The molecule has 1 aromatic carbocycles. The van der Waals surface area contributed by atoms with E-state index in [0.29, 0.717) is 17.9 Å². The predicted octanol–water partition coefficient (Wildman–Crippen LogP) is 1.99. The Bertz CT molecular complexity index is 406. The highest BCUT2D eigenvalue weighted by atomic mass is 35.5. The van der Waals surface area contributed by atoms with Gasteiger partial charge in [-0.2, -0.15) is 0 Å². The van der Waals surface area contributed by atoms with Crippen molar-refractivity contribution in [1.29, 1.82) is 0 Å². The van der Waals surface area contributed by atoms with Crippen LogP contribution in [0, 0.1) is 0 Å². The summed E-state index contributed by atoms with van der Waals surface area (Å²) in [5, 5.41) is 6.34. The van der Waals surface area contributed by atoms with Crippen molar-refractivity contribution in [3.63, 3.8) is 0 Å². The number of carbonyl (C=O) groups is 1. The van der Waals surface area contributed by atoms with E-state index in [1.165, 1.54) is 0 Å². The van der Waals surface area contributed by atoms with Gasteiger partial charge in [0.1, 0.15) is 5.75 Å². The maximum atomic E-state index is 12.2. The maximum Gasteiger partial charge on any atom is 0.255 e. The van der Waals surface area contributed by atoms with Crippen molar-refractivity contribution in [3.8, 4) is 5.75 Å². The fraction of sp³-hybridized carbons (Fsp3) is 0.500. The molecule has 1 heterocycles. The largest absolute Gasteiger partial charge is 0.493 e. The van der Waals surface area contributed by atoms with Crippen LogP contribution in [-0.4, -0.2) is 31.6 Å². The zero-order chi connectivity index (χ0) is 12.8. The molecule has 2 N–H and O–H groups in total. The van der Waals surface area contributed by atoms with Gasteiger partial charge in [0.25, 0.3) is 5.91 Å². The molecule has 2 rings (SSSR count). The van der Waals surface area contributed by atoms with Crippen LogP contribution in [0.3, 0.4) is 0 Å². The number of rotatable bonds is 4. The molecule has 0 bridgehead atoms. The van der Waals surface area contributed by atoms with Crippen LogP contribution in [-0.2, 0) is 0 Å². The molecule has 1 saturated heterocycles. The second-order valence-electron chi connectivity index (χ2n) is 4.45. The quantitative estimate of drug-likeness (QED) is 0.889. The third kappa shape index (κ3) is 4.40. The molecule has 19 heavy (non-hydrogen) atoms. The molecule has 4 nitrogen and oxygen atoms in total. The van der Waals surface area contributed by atoms with E-state index in [-0.39, 0.29) is 24.4 Å². The zero-order valence-corrected chi connectivity index (χ0v) is 12.0. The number of benzene rings is 1. The number of ether oxygens (including phenoxy) is 1. The average molecular weight is 285 g/mol. The number of piperidine rings is 1. The summed E-state index contributed by atoms with van der Waals surface area (Å²) in [6.07, 6.45) is 2.15. The van der Waals surface area contributed by atoms with E-state index in [9.17, 15) is 4.79 Å². The Kier molecular flexibility index (Phi) is 6.67. The molecule has 0 spiro atoms. The van der Waals surface area contributed by atoms with Gasteiger partial charge in [-0.15, -0.1) is 12.4 Å². The fourth-order valence-corrected chi connectivity index (χ4v) is 2.17. The van der Waals surface area contributed by atoms with Crippen LogP contribution < -0.4 is 15.4 Å². The summed E-state index contributed by atoms with van der Waals surface area (Å²) >= 11 is 0. The predicted molar refractivity (Wildman–Crippen MR) is 78.2 cm³/mol. The van der Waals surface area contributed by atoms with Crippen molar-refractivity contribution < 1.29 is 9.53 Å². The molecule has 0 saturated carbocycles. The minimum absolute atomic E-state index is 0. The van der Waals surface area contributed by atoms with Crippen LogP contribution in [0.5, 0.6) is 5.75 Å². The van der Waals surface area contributed by atoms with Crippen LogP contribution in [0.2, 0.25) is 0 Å². The van der Waals surface area contributed by atoms with Crippen LogP contribution in [0.15, 0.2) is 24.3 Å². The zero-order valence-electron chi connectivity index (χ0n) is 11.1. The highest BCUT2D eigenvalue weighted by Crippen LogP contribution is 2.18. The first-order valence-electron chi connectivity index (χ1n) is 6.54. The second kappa shape index (κ2) is 8.02. The lowest BCUT2D eigenvalue weighted by atomic mass is 10.1. The normalized spacial score (nSPS) is 18.3. The van der Waals surface area contributed by atoms with Crippen molar-refractivity contribution in [1.82, 2.24) is 10.6 Å². The first-order chi connectivity index (χ1) is 8.81. The summed E-state index contributed by atoms with van der Waals surface area (Å²) in [6.45, 7) is 4.37. The molecule has 0 aliphatic carbocycles. The van der Waals surface area contributed by atoms with Gasteiger partial charge < -0.3 is 15.4 Å². The highest BCUT2D eigenvalue weighted by molar-refractivity contribution is 5.97. The molecule has 1 amide bonds. The van der Waals surface area contributed by atoms with Gasteiger partial charge >= 0.3 is 0 Å². The van der Waals surface area contributed by atoms with Crippen molar-refractivity contribution in [3.05, 3.63) is 29.8 Å². The lowest BCUT2D eigenvalue weighted by Gasteiger charge is -2.24. The summed E-state index contributed by atoms with van der Waals surface area (Å²) in [5.41, 5.74) is 0.616. The van der Waals surface area contributed by atoms with Crippen molar-refractivity contribution in [2.24, 2.45) is 0 Å². The van der Waals surface area contributed by atoms with E-state index < -0.39 is 0 Å². The summed E-state index contributed by atoms with van der Waals surface area (Å²) in [7, 11) is 0. The molecule has 0 aromatic heterocycles. The molecule has 0 radical (unpaired) electrons. The molecule has 1 unspecified atom stereocenters. The van der Waals surface area contributed by atoms with Gasteiger partial charge in [0, 0.05) is 12.6 Å². The monoisotopic (exact) mass is 284 g/mol. The van der Waals surface area contributed by atoms with E-state index in [1.807, 2.05) is 25.1 Å².